The minimum absolute atomic E-state index is 0.0289. The zero-order valence-electron chi connectivity index (χ0n) is 8.03. The average molecular weight is 201 g/mol. The van der Waals surface area contributed by atoms with Gasteiger partial charge in [-0.3, -0.25) is 0 Å². The van der Waals surface area contributed by atoms with Crippen molar-refractivity contribution in [1.29, 1.82) is 0 Å². The third-order valence-corrected chi connectivity index (χ3v) is 2.65. The van der Waals surface area contributed by atoms with Gasteiger partial charge >= 0.3 is 0 Å². The summed E-state index contributed by atoms with van der Waals surface area (Å²) in [5.41, 5.74) is 0. The average Bonchev–Trinajstić information content (AvgIpc) is 2.18. The molecular weight excluding hydrogens is 186 g/mol. The lowest BCUT2D eigenvalue weighted by Gasteiger charge is -2.32. The van der Waals surface area contributed by atoms with Crippen molar-refractivity contribution in [2.75, 3.05) is 14.2 Å². The van der Waals surface area contributed by atoms with Crippen LogP contribution in [0.1, 0.15) is 19.3 Å². The highest BCUT2D eigenvalue weighted by atomic mass is 32.1. The first-order valence-electron chi connectivity index (χ1n) is 4.46. The molecule has 0 radical (unpaired) electrons. The molecule has 0 aliphatic heterocycles. The summed E-state index contributed by atoms with van der Waals surface area (Å²) in [5, 5.41) is 2.41. The van der Waals surface area contributed by atoms with Crippen LogP contribution in [-0.2, 0) is 9.47 Å². The van der Waals surface area contributed by atoms with Gasteiger partial charge in [-0.05, 0) is 31.5 Å². The van der Waals surface area contributed by atoms with Crippen LogP contribution in [0.4, 0.5) is 0 Å². The SMILES string of the molecule is CO[C@H]1CCC[C@@H](OC)[C@H]1N=C=S. The van der Waals surface area contributed by atoms with Crippen LogP contribution >= 0.6 is 12.2 Å². The van der Waals surface area contributed by atoms with Crippen molar-refractivity contribution in [2.24, 2.45) is 4.99 Å². The molecule has 1 saturated carbocycles. The lowest BCUT2D eigenvalue weighted by Crippen LogP contribution is -2.41. The molecule has 0 spiro atoms. The van der Waals surface area contributed by atoms with Crippen LogP contribution in [0.3, 0.4) is 0 Å². The number of hydrogen-bond donors (Lipinski definition) is 0. The minimum Gasteiger partial charge on any atom is -0.379 e. The first kappa shape index (κ1) is 10.8. The lowest BCUT2D eigenvalue weighted by atomic mass is 9.90. The molecule has 1 rings (SSSR count). The van der Waals surface area contributed by atoms with Crippen LogP contribution in [0.15, 0.2) is 4.99 Å². The maximum atomic E-state index is 5.33. The van der Waals surface area contributed by atoms with Crippen molar-refractivity contribution in [1.82, 2.24) is 0 Å². The zero-order valence-corrected chi connectivity index (χ0v) is 8.84. The summed E-state index contributed by atoms with van der Waals surface area (Å²) in [7, 11) is 3.41. The highest BCUT2D eigenvalue weighted by molar-refractivity contribution is 7.78. The topological polar surface area (TPSA) is 30.8 Å². The number of aliphatic imine (C=N–C) groups is 1. The van der Waals surface area contributed by atoms with Crippen LogP contribution in [-0.4, -0.2) is 37.6 Å². The fourth-order valence-corrected chi connectivity index (χ4v) is 1.96. The van der Waals surface area contributed by atoms with Gasteiger partial charge in [0.25, 0.3) is 0 Å². The third-order valence-electron chi connectivity index (χ3n) is 2.55. The Bertz CT molecular complexity index is 192. The van der Waals surface area contributed by atoms with Gasteiger partial charge in [0.2, 0.25) is 0 Å². The number of ether oxygens (including phenoxy) is 2. The van der Waals surface area contributed by atoms with E-state index in [-0.39, 0.29) is 18.2 Å². The Hall–Kier alpha value is -0.280. The molecule has 0 amide bonds. The maximum absolute atomic E-state index is 5.33. The molecule has 74 valence electrons. The highest BCUT2D eigenvalue weighted by Gasteiger charge is 2.33. The molecule has 3 nitrogen and oxygen atoms in total. The second-order valence-corrected chi connectivity index (χ2v) is 3.37. The molecule has 1 aliphatic rings. The maximum Gasteiger partial charge on any atom is 0.112 e. The van der Waals surface area contributed by atoms with E-state index in [0.717, 1.165) is 19.3 Å². The Balaban J connectivity index is 2.69. The smallest absolute Gasteiger partial charge is 0.112 e. The number of hydrogen-bond acceptors (Lipinski definition) is 4. The summed E-state index contributed by atoms with van der Waals surface area (Å²) >= 11 is 4.61. The van der Waals surface area contributed by atoms with Gasteiger partial charge in [-0.25, -0.2) is 4.99 Å². The van der Waals surface area contributed by atoms with Gasteiger partial charge in [-0.1, -0.05) is 0 Å². The van der Waals surface area contributed by atoms with E-state index in [1.165, 1.54) is 0 Å². The Labute approximate surface area is 84.1 Å². The van der Waals surface area contributed by atoms with Crippen molar-refractivity contribution in [3.63, 3.8) is 0 Å². The fraction of sp³-hybridized carbons (Fsp3) is 0.889. The Morgan fingerprint density at radius 1 is 1.23 bits per heavy atom. The third kappa shape index (κ3) is 2.58. The predicted molar refractivity (Wildman–Crippen MR) is 54.3 cm³/mol. The first-order chi connectivity index (χ1) is 6.33. The zero-order chi connectivity index (χ0) is 9.68. The summed E-state index contributed by atoms with van der Waals surface area (Å²) in [4.78, 5) is 4.10. The summed E-state index contributed by atoms with van der Waals surface area (Å²) < 4.78 is 10.7. The second kappa shape index (κ2) is 5.45. The normalized spacial score (nSPS) is 33.8. The number of nitrogens with zero attached hydrogens (tertiary/aromatic N) is 1. The number of thiocarbonyl (C=S) groups is 1. The minimum atomic E-state index is 0.0289. The molecule has 0 aromatic heterocycles. The Morgan fingerprint density at radius 3 is 2.15 bits per heavy atom. The van der Waals surface area contributed by atoms with Crippen LogP contribution in [0.5, 0.6) is 0 Å². The van der Waals surface area contributed by atoms with E-state index in [1.807, 2.05) is 0 Å². The molecule has 1 fully saturated rings. The molecule has 13 heavy (non-hydrogen) atoms. The van der Waals surface area contributed by atoms with Crippen LogP contribution in [0, 0.1) is 0 Å². The molecule has 0 bridgehead atoms. The van der Waals surface area contributed by atoms with Gasteiger partial charge in [0, 0.05) is 14.2 Å². The van der Waals surface area contributed by atoms with Crippen molar-refractivity contribution in [3.8, 4) is 0 Å². The van der Waals surface area contributed by atoms with Crippen LogP contribution < -0.4 is 0 Å². The van der Waals surface area contributed by atoms with Gasteiger partial charge in [-0.2, -0.15) is 0 Å². The Kier molecular flexibility index (Phi) is 4.53. The van der Waals surface area contributed by atoms with Crippen LogP contribution in [0.25, 0.3) is 0 Å². The number of rotatable bonds is 3. The molecule has 0 heterocycles. The molecule has 0 unspecified atom stereocenters. The molecule has 1 aliphatic carbocycles. The quantitative estimate of drug-likeness (QED) is 0.514. The first-order valence-corrected chi connectivity index (χ1v) is 4.87. The van der Waals surface area contributed by atoms with Gasteiger partial charge < -0.3 is 9.47 Å². The van der Waals surface area contributed by atoms with E-state index in [1.54, 1.807) is 14.2 Å². The standard InChI is InChI=1S/C9H15NO2S/c1-11-7-4-3-5-8(12-2)9(7)10-6-13/h7-9H,3-5H2,1-2H3/t7-,8+,9-. The molecule has 0 saturated heterocycles. The monoisotopic (exact) mass is 201 g/mol. The van der Waals surface area contributed by atoms with Crippen molar-refractivity contribution in [3.05, 3.63) is 0 Å². The van der Waals surface area contributed by atoms with Gasteiger partial charge in [0.1, 0.15) is 6.04 Å². The van der Waals surface area contributed by atoms with Crippen molar-refractivity contribution < 1.29 is 9.47 Å². The predicted octanol–water partition coefficient (Wildman–Crippen LogP) is 1.67. The summed E-state index contributed by atoms with van der Waals surface area (Å²) in [6.07, 6.45) is 3.45. The van der Waals surface area contributed by atoms with Gasteiger partial charge in [0.15, 0.2) is 0 Å². The van der Waals surface area contributed by atoms with E-state index in [2.05, 4.69) is 22.4 Å². The van der Waals surface area contributed by atoms with E-state index in [0.29, 0.717) is 0 Å². The molecule has 4 heteroatoms. The van der Waals surface area contributed by atoms with E-state index < -0.39 is 0 Å². The van der Waals surface area contributed by atoms with Gasteiger partial charge in [0.05, 0.1) is 17.4 Å². The van der Waals surface area contributed by atoms with E-state index >= 15 is 0 Å². The summed E-state index contributed by atoms with van der Waals surface area (Å²) in [6, 6.07) is 0.0289. The lowest BCUT2D eigenvalue weighted by molar-refractivity contribution is -0.0268. The van der Waals surface area contributed by atoms with E-state index in [9.17, 15) is 0 Å². The van der Waals surface area contributed by atoms with Crippen LogP contribution in [0.2, 0.25) is 0 Å². The van der Waals surface area contributed by atoms with Crippen molar-refractivity contribution >= 4 is 17.4 Å². The summed E-state index contributed by atoms with van der Waals surface area (Å²) in [5.74, 6) is 0. The number of methoxy groups -OCH3 is 2. The molecule has 0 N–H and O–H groups in total. The fourth-order valence-electron chi connectivity index (χ4n) is 1.84. The number of isothiocyanates is 1. The van der Waals surface area contributed by atoms with E-state index in [4.69, 9.17) is 9.47 Å². The molecular formula is C9H15NO2S. The summed E-state index contributed by atoms with van der Waals surface area (Å²) in [6.45, 7) is 0. The molecule has 3 atom stereocenters. The van der Waals surface area contributed by atoms with Gasteiger partial charge in [-0.15, -0.1) is 0 Å². The highest BCUT2D eigenvalue weighted by Crippen LogP contribution is 2.25. The molecule has 0 aromatic rings. The second-order valence-electron chi connectivity index (χ2n) is 3.19. The Morgan fingerprint density at radius 2 is 1.77 bits per heavy atom. The largest absolute Gasteiger partial charge is 0.379 e. The van der Waals surface area contributed by atoms with Crippen molar-refractivity contribution in [2.45, 2.75) is 37.5 Å². The molecule has 0 aromatic carbocycles.